The molecule has 3 aromatic carbocycles. The van der Waals surface area contributed by atoms with E-state index in [1.807, 2.05) is 0 Å². The van der Waals surface area contributed by atoms with Gasteiger partial charge >= 0.3 is 6.18 Å². The molecule has 0 spiro atoms. The van der Waals surface area contributed by atoms with Crippen LogP contribution in [0.1, 0.15) is 16.7 Å². The molecule has 0 saturated carbocycles. The van der Waals surface area contributed by atoms with Crippen LogP contribution in [0.5, 0.6) is 11.5 Å². The molecule has 4 rings (SSSR count). The Morgan fingerprint density at radius 3 is 2.41 bits per heavy atom. The highest BCUT2D eigenvalue weighted by molar-refractivity contribution is 7.92. The first-order valence-corrected chi connectivity index (χ1v) is 11.2. The van der Waals surface area contributed by atoms with E-state index in [1.54, 1.807) is 12.1 Å². The van der Waals surface area contributed by atoms with Crippen LogP contribution in [0.4, 0.5) is 24.5 Å². The Labute approximate surface area is 192 Å². The Hall–Kier alpha value is -3.99. The zero-order chi connectivity index (χ0) is 24.7. The average molecular weight is 490 g/mol. The van der Waals surface area contributed by atoms with Crippen molar-refractivity contribution in [3.8, 4) is 11.5 Å². The van der Waals surface area contributed by atoms with Crippen molar-refractivity contribution in [1.82, 2.24) is 0 Å². The Morgan fingerprint density at radius 2 is 1.76 bits per heavy atom. The van der Waals surface area contributed by atoms with Gasteiger partial charge in [0, 0.05) is 28.1 Å². The molecule has 1 heterocycles. The molecule has 0 radical (unpaired) electrons. The lowest BCUT2D eigenvalue weighted by molar-refractivity contribution is -0.137. The Balaban J connectivity index is 1.68. The number of carbonyl (C=O) groups is 1. The van der Waals surface area contributed by atoms with Gasteiger partial charge in [-0.05, 0) is 54.6 Å². The number of nitrogens with one attached hydrogen (secondary N) is 2. The zero-order valence-electron chi connectivity index (χ0n) is 17.5. The summed E-state index contributed by atoms with van der Waals surface area (Å²) in [5.41, 5.74) is 0.0844. The molecule has 0 fully saturated rings. The second kappa shape index (κ2) is 8.41. The van der Waals surface area contributed by atoms with E-state index in [1.165, 1.54) is 37.5 Å². The molecule has 0 bridgehead atoms. The smallest absolute Gasteiger partial charge is 0.416 e. The quantitative estimate of drug-likeness (QED) is 0.449. The molecule has 1 amide bonds. The maximum absolute atomic E-state index is 12.9. The maximum Gasteiger partial charge on any atom is 0.416 e. The predicted molar refractivity (Wildman–Crippen MR) is 120 cm³/mol. The number of ether oxygens (including phenoxy) is 1. The van der Waals surface area contributed by atoms with Crippen LogP contribution >= 0.6 is 0 Å². The van der Waals surface area contributed by atoms with Gasteiger partial charge in [-0.3, -0.25) is 9.52 Å². The number of phenolic OH excluding ortho intramolecular Hbond substituents is 1. The molecule has 0 saturated heterocycles. The van der Waals surface area contributed by atoms with Crippen molar-refractivity contribution in [2.45, 2.75) is 11.1 Å². The number of hydrogen-bond donors (Lipinski definition) is 3. The van der Waals surface area contributed by atoms with Crippen molar-refractivity contribution < 1.29 is 36.2 Å². The first kappa shape index (κ1) is 23.2. The number of phenols is 1. The van der Waals surface area contributed by atoms with E-state index < -0.39 is 27.7 Å². The number of halogens is 3. The summed E-state index contributed by atoms with van der Waals surface area (Å²) in [6.07, 6.45) is -3.14. The largest absolute Gasteiger partial charge is 0.504 e. The molecule has 34 heavy (non-hydrogen) atoms. The number of aromatic hydroxyl groups is 1. The summed E-state index contributed by atoms with van der Waals surface area (Å²) in [4.78, 5) is 12.3. The highest BCUT2D eigenvalue weighted by Crippen LogP contribution is 2.38. The third-order valence-corrected chi connectivity index (χ3v) is 6.48. The Morgan fingerprint density at radius 1 is 1.06 bits per heavy atom. The first-order chi connectivity index (χ1) is 16.0. The Kier molecular flexibility index (Phi) is 5.74. The fraction of sp³-hybridized carbons (Fsp3) is 0.0870. The highest BCUT2D eigenvalue weighted by Gasteiger charge is 2.30. The summed E-state index contributed by atoms with van der Waals surface area (Å²) in [6, 6.07) is 12.2. The molecule has 1 aliphatic heterocycles. The number of methoxy groups -OCH3 is 1. The van der Waals surface area contributed by atoms with Gasteiger partial charge in [-0.25, -0.2) is 8.42 Å². The van der Waals surface area contributed by atoms with Gasteiger partial charge in [0.05, 0.1) is 17.6 Å². The normalized spacial score (nSPS) is 14.6. The number of hydrogen-bond acceptors (Lipinski definition) is 5. The highest BCUT2D eigenvalue weighted by atomic mass is 32.2. The lowest BCUT2D eigenvalue weighted by atomic mass is 10.0. The number of sulfonamides is 1. The molecule has 3 N–H and O–H groups in total. The minimum atomic E-state index is -4.54. The summed E-state index contributed by atoms with van der Waals surface area (Å²) in [5.74, 6) is -0.487. The van der Waals surface area contributed by atoms with Gasteiger partial charge in [-0.2, -0.15) is 13.2 Å². The summed E-state index contributed by atoms with van der Waals surface area (Å²) in [7, 11) is -2.80. The number of para-hydroxylation sites is 1. The number of fused-ring (bicyclic) bond motifs is 1. The van der Waals surface area contributed by atoms with Crippen molar-refractivity contribution in [2.75, 3.05) is 17.1 Å². The van der Waals surface area contributed by atoms with Gasteiger partial charge in [-0.15, -0.1) is 0 Å². The summed E-state index contributed by atoms with van der Waals surface area (Å²) in [5, 5.41) is 12.9. The number of anilines is 2. The minimum Gasteiger partial charge on any atom is -0.504 e. The van der Waals surface area contributed by atoms with Crippen molar-refractivity contribution >= 4 is 39.0 Å². The molecular weight excluding hydrogens is 473 g/mol. The maximum atomic E-state index is 12.9. The van der Waals surface area contributed by atoms with E-state index >= 15 is 0 Å². The second-order valence-electron chi connectivity index (χ2n) is 7.30. The van der Waals surface area contributed by atoms with Crippen molar-refractivity contribution in [1.29, 1.82) is 0 Å². The van der Waals surface area contributed by atoms with Gasteiger partial charge < -0.3 is 15.2 Å². The molecule has 0 atom stereocenters. The van der Waals surface area contributed by atoms with Crippen LogP contribution in [0.15, 0.2) is 65.6 Å². The average Bonchev–Trinajstić information content (AvgIpc) is 3.09. The number of alkyl halides is 3. The predicted octanol–water partition coefficient (Wildman–Crippen LogP) is 4.71. The second-order valence-corrected chi connectivity index (χ2v) is 8.98. The lowest BCUT2D eigenvalue weighted by Crippen LogP contribution is -2.13. The minimum absolute atomic E-state index is 0.0558. The fourth-order valence-electron chi connectivity index (χ4n) is 3.39. The molecule has 7 nitrogen and oxygen atoms in total. The third kappa shape index (κ3) is 4.42. The van der Waals surface area contributed by atoms with Crippen LogP contribution < -0.4 is 14.8 Å². The van der Waals surface area contributed by atoms with Crippen LogP contribution in [-0.2, 0) is 21.0 Å². The van der Waals surface area contributed by atoms with E-state index in [4.69, 9.17) is 4.74 Å². The van der Waals surface area contributed by atoms with Crippen LogP contribution in [-0.4, -0.2) is 26.5 Å². The molecular formula is C23H17F3N2O5S. The molecule has 0 unspecified atom stereocenters. The standard InChI is InChI=1S/C23H17F3N2O5S/c1-33-20-4-2-3-13(21(20)29)11-18-17-12-16(9-10-19(17)27-22(18)30)34(31,32)28-15-7-5-14(6-8-15)23(24,25)26/h2-12,28-29H,1H3,(H,27,30). The zero-order valence-corrected chi connectivity index (χ0v) is 18.3. The monoisotopic (exact) mass is 490 g/mol. The van der Waals surface area contributed by atoms with Crippen LogP contribution in [0.2, 0.25) is 0 Å². The summed E-state index contributed by atoms with van der Waals surface area (Å²) >= 11 is 0. The third-order valence-electron chi connectivity index (χ3n) is 5.10. The topological polar surface area (TPSA) is 105 Å². The van der Waals surface area contributed by atoms with Gasteiger partial charge in [0.15, 0.2) is 11.5 Å². The molecule has 11 heteroatoms. The van der Waals surface area contributed by atoms with Gasteiger partial charge in [0.25, 0.3) is 15.9 Å². The molecule has 1 aliphatic rings. The number of benzene rings is 3. The van der Waals surface area contributed by atoms with E-state index in [0.29, 0.717) is 5.69 Å². The van der Waals surface area contributed by atoms with E-state index in [-0.39, 0.29) is 38.8 Å². The number of amides is 1. The van der Waals surface area contributed by atoms with Gasteiger partial charge in [0.1, 0.15) is 0 Å². The number of rotatable bonds is 5. The fourth-order valence-corrected chi connectivity index (χ4v) is 4.48. The molecule has 0 aliphatic carbocycles. The van der Waals surface area contributed by atoms with Gasteiger partial charge in [-0.1, -0.05) is 12.1 Å². The van der Waals surface area contributed by atoms with Crippen LogP contribution in [0, 0.1) is 0 Å². The van der Waals surface area contributed by atoms with Crippen LogP contribution in [0.3, 0.4) is 0 Å². The Bertz CT molecular complexity index is 1420. The number of carbonyl (C=O) groups excluding carboxylic acids is 1. The van der Waals surface area contributed by atoms with E-state index in [0.717, 1.165) is 24.3 Å². The molecule has 0 aromatic heterocycles. The van der Waals surface area contributed by atoms with Crippen molar-refractivity contribution in [3.05, 3.63) is 77.4 Å². The first-order valence-electron chi connectivity index (χ1n) is 9.73. The van der Waals surface area contributed by atoms with Crippen LogP contribution in [0.25, 0.3) is 11.6 Å². The molecule has 3 aromatic rings. The van der Waals surface area contributed by atoms with E-state index in [2.05, 4.69) is 10.0 Å². The van der Waals surface area contributed by atoms with Gasteiger partial charge in [0.2, 0.25) is 0 Å². The lowest BCUT2D eigenvalue weighted by Gasteiger charge is -2.11. The van der Waals surface area contributed by atoms with Crippen molar-refractivity contribution in [3.63, 3.8) is 0 Å². The summed E-state index contributed by atoms with van der Waals surface area (Å²) in [6.45, 7) is 0. The SMILES string of the molecule is COc1cccc(C=C2C(=O)Nc3ccc(S(=O)(=O)Nc4ccc(C(F)(F)F)cc4)cc32)c1O. The van der Waals surface area contributed by atoms with E-state index in [9.17, 15) is 31.5 Å². The summed E-state index contributed by atoms with van der Waals surface area (Å²) < 4.78 is 71.2. The molecule has 176 valence electrons. The van der Waals surface area contributed by atoms with Crippen molar-refractivity contribution in [2.24, 2.45) is 0 Å².